The molecule has 10 heteroatoms. The molecule has 1 N–H and O–H groups in total. The van der Waals surface area contributed by atoms with Crippen LogP contribution in [0.3, 0.4) is 0 Å². The fraction of sp³-hybridized carbons (Fsp3) is 0.381. The van der Waals surface area contributed by atoms with Crippen LogP contribution in [0.5, 0.6) is 11.5 Å². The fourth-order valence-corrected chi connectivity index (χ4v) is 4.17. The van der Waals surface area contributed by atoms with Gasteiger partial charge in [-0.25, -0.2) is 21.9 Å². The fourth-order valence-electron chi connectivity index (χ4n) is 3.02. The van der Waals surface area contributed by atoms with Crippen LogP contribution in [-0.2, 0) is 16.6 Å². The molecule has 0 radical (unpaired) electrons. The van der Waals surface area contributed by atoms with Gasteiger partial charge < -0.3 is 9.64 Å². The minimum absolute atomic E-state index is 0.0699. The molecule has 7 nitrogen and oxygen atoms in total. The topological polar surface area (TPSA) is 76.5 Å². The van der Waals surface area contributed by atoms with Gasteiger partial charge in [0.25, 0.3) is 0 Å². The standard InChI is InChI=1S/C21H26F2N4O3S/c1-14(2)13-27-18-11-21(31(28,29)25-7-8-26(3)4)20(9-15(18)12-24-27)30-19-6-5-16(22)10-17(19)23/h5-6,9-12,14,25H,7-8,13H2,1-4H3. The number of nitrogens with zero attached hydrogens (tertiary/aromatic N) is 3. The second-order valence-corrected chi connectivity index (χ2v) is 9.69. The zero-order valence-corrected chi connectivity index (χ0v) is 18.7. The van der Waals surface area contributed by atoms with Gasteiger partial charge in [0.1, 0.15) is 16.5 Å². The highest BCUT2D eigenvalue weighted by atomic mass is 32.2. The second kappa shape index (κ2) is 9.29. The number of nitrogens with one attached hydrogen (secondary N) is 1. The maximum atomic E-state index is 14.2. The van der Waals surface area contributed by atoms with Crippen LogP contribution in [0.4, 0.5) is 8.78 Å². The van der Waals surface area contributed by atoms with Crippen LogP contribution in [0.25, 0.3) is 10.9 Å². The van der Waals surface area contributed by atoms with Crippen molar-refractivity contribution >= 4 is 20.9 Å². The third-order valence-corrected chi connectivity index (χ3v) is 5.98. The molecule has 0 spiro atoms. The van der Waals surface area contributed by atoms with Crippen molar-refractivity contribution < 1.29 is 21.9 Å². The van der Waals surface area contributed by atoms with E-state index >= 15 is 0 Å². The maximum absolute atomic E-state index is 14.2. The molecule has 1 aromatic heterocycles. The minimum Gasteiger partial charge on any atom is -0.453 e. The predicted molar refractivity (Wildman–Crippen MR) is 115 cm³/mol. The molecule has 3 rings (SSSR count). The lowest BCUT2D eigenvalue weighted by molar-refractivity contribution is 0.411. The molecule has 0 atom stereocenters. The molecular weight excluding hydrogens is 426 g/mol. The van der Waals surface area contributed by atoms with Crippen molar-refractivity contribution in [3.8, 4) is 11.5 Å². The van der Waals surface area contributed by atoms with Crippen molar-refractivity contribution in [3.05, 3.63) is 48.2 Å². The van der Waals surface area contributed by atoms with Crippen LogP contribution in [0.2, 0.25) is 0 Å². The molecule has 3 aromatic rings. The van der Waals surface area contributed by atoms with Gasteiger partial charge >= 0.3 is 0 Å². The summed E-state index contributed by atoms with van der Waals surface area (Å²) in [5.74, 6) is -1.74. The van der Waals surface area contributed by atoms with Crippen LogP contribution in [-0.4, -0.2) is 50.3 Å². The molecule has 0 aliphatic rings. The Morgan fingerprint density at radius 1 is 1.16 bits per heavy atom. The third-order valence-electron chi connectivity index (χ3n) is 4.50. The molecule has 2 aromatic carbocycles. The summed E-state index contributed by atoms with van der Waals surface area (Å²) >= 11 is 0. The first-order valence-corrected chi connectivity index (χ1v) is 11.3. The summed E-state index contributed by atoms with van der Waals surface area (Å²) < 4.78 is 63.4. The van der Waals surface area contributed by atoms with Gasteiger partial charge in [0.05, 0.1) is 11.7 Å². The predicted octanol–water partition coefficient (Wildman–Crippen LogP) is 3.60. The number of sulfonamides is 1. The van der Waals surface area contributed by atoms with E-state index in [9.17, 15) is 17.2 Å². The molecule has 0 aliphatic heterocycles. The summed E-state index contributed by atoms with van der Waals surface area (Å²) in [4.78, 5) is 1.70. The summed E-state index contributed by atoms with van der Waals surface area (Å²) in [5.41, 5.74) is 0.619. The first kappa shape index (κ1) is 23.1. The van der Waals surface area contributed by atoms with E-state index in [4.69, 9.17) is 4.74 Å². The van der Waals surface area contributed by atoms with Gasteiger partial charge in [-0.05, 0) is 44.3 Å². The van der Waals surface area contributed by atoms with E-state index in [1.54, 1.807) is 10.9 Å². The quantitative estimate of drug-likeness (QED) is 0.537. The Morgan fingerprint density at radius 2 is 1.90 bits per heavy atom. The van der Waals surface area contributed by atoms with E-state index in [-0.39, 0.29) is 22.9 Å². The molecule has 0 amide bonds. The lowest BCUT2D eigenvalue weighted by Gasteiger charge is -2.15. The highest BCUT2D eigenvalue weighted by Gasteiger charge is 2.23. The summed E-state index contributed by atoms with van der Waals surface area (Å²) in [7, 11) is -0.322. The molecular formula is C21H26F2N4O3S. The summed E-state index contributed by atoms with van der Waals surface area (Å²) in [6.07, 6.45) is 1.60. The van der Waals surface area contributed by atoms with Crippen molar-refractivity contribution in [2.24, 2.45) is 5.92 Å². The smallest absolute Gasteiger partial charge is 0.244 e. The second-order valence-electron chi connectivity index (χ2n) is 7.96. The monoisotopic (exact) mass is 452 g/mol. The van der Waals surface area contributed by atoms with Crippen LogP contribution >= 0.6 is 0 Å². The van der Waals surface area contributed by atoms with Crippen LogP contribution in [0.15, 0.2) is 41.4 Å². The third kappa shape index (κ3) is 5.57. The molecule has 0 fully saturated rings. The summed E-state index contributed by atoms with van der Waals surface area (Å²) in [6, 6.07) is 5.81. The van der Waals surface area contributed by atoms with Crippen molar-refractivity contribution in [1.29, 1.82) is 0 Å². The summed E-state index contributed by atoms with van der Waals surface area (Å²) in [5, 5.41) is 4.98. The van der Waals surface area contributed by atoms with Crippen LogP contribution in [0.1, 0.15) is 13.8 Å². The molecule has 31 heavy (non-hydrogen) atoms. The van der Waals surface area contributed by atoms with Gasteiger partial charge in [-0.15, -0.1) is 0 Å². The van der Waals surface area contributed by atoms with Crippen LogP contribution < -0.4 is 9.46 Å². The first-order chi connectivity index (χ1) is 14.6. The van der Waals surface area contributed by atoms with Gasteiger partial charge in [-0.3, -0.25) is 4.68 Å². The number of ether oxygens (including phenoxy) is 1. The Balaban J connectivity index is 2.09. The van der Waals surface area contributed by atoms with Gasteiger partial charge in [0, 0.05) is 31.1 Å². The highest BCUT2D eigenvalue weighted by Crippen LogP contribution is 2.34. The largest absolute Gasteiger partial charge is 0.453 e. The number of hydrogen-bond donors (Lipinski definition) is 1. The number of rotatable bonds is 9. The van der Waals surface area contributed by atoms with Crippen molar-refractivity contribution in [2.75, 3.05) is 27.2 Å². The van der Waals surface area contributed by atoms with E-state index in [0.717, 1.165) is 12.1 Å². The average Bonchev–Trinajstić information content (AvgIpc) is 3.04. The molecule has 0 saturated carbocycles. The Bertz CT molecular complexity index is 1180. The number of halogens is 2. The molecule has 0 unspecified atom stereocenters. The lowest BCUT2D eigenvalue weighted by atomic mass is 10.2. The average molecular weight is 453 g/mol. The minimum atomic E-state index is -3.98. The highest BCUT2D eigenvalue weighted by molar-refractivity contribution is 7.89. The molecule has 168 valence electrons. The number of fused-ring (bicyclic) bond motifs is 1. The Hall–Kier alpha value is -2.56. The van der Waals surface area contributed by atoms with Gasteiger partial charge in [-0.2, -0.15) is 5.10 Å². The molecule has 0 aliphatic carbocycles. The van der Waals surface area contributed by atoms with Gasteiger partial charge in [0.2, 0.25) is 10.0 Å². The number of hydrogen-bond acceptors (Lipinski definition) is 5. The van der Waals surface area contributed by atoms with Gasteiger partial charge in [0.15, 0.2) is 11.6 Å². The van der Waals surface area contributed by atoms with E-state index in [0.29, 0.717) is 36.0 Å². The molecule has 1 heterocycles. The normalized spacial score (nSPS) is 12.3. The Labute approximate surface area is 180 Å². The van der Waals surface area contributed by atoms with E-state index in [1.165, 1.54) is 12.1 Å². The van der Waals surface area contributed by atoms with Crippen molar-refractivity contribution in [1.82, 2.24) is 19.4 Å². The number of benzene rings is 2. The maximum Gasteiger partial charge on any atom is 0.244 e. The zero-order valence-electron chi connectivity index (χ0n) is 17.9. The van der Waals surface area contributed by atoms with Gasteiger partial charge in [-0.1, -0.05) is 13.8 Å². The first-order valence-electron chi connectivity index (χ1n) is 9.83. The SMILES string of the molecule is CC(C)Cn1ncc2cc(Oc3ccc(F)cc3F)c(S(=O)(=O)NCCN(C)C)cc21. The Kier molecular flexibility index (Phi) is 6.93. The van der Waals surface area contributed by atoms with E-state index in [1.807, 2.05) is 32.8 Å². The van der Waals surface area contributed by atoms with Crippen molar-refractivity contribution in [3.63, 3.8) is 0 Å². The van der Waals surface area contributed by atoms with Crippen molar-refractivity contribution in [2.45, 2.75) is 25.3 Å². The van der Waals surface area contributed by atoms with Crippen LogP contribution in [0, 0.1) is 17.6 Å². The summed E-state index contributed by atoms with van der Waals surface area (Å²) in [6.45, 7) is 5.34. The number of likely N-dealkylation sites (N-methyl/N-ethyl adjacent to an activating group) is 1. The zero-order chi connectivity index (χ0) is 22.8. The van der Waals surface area contributed by atoms with E-state index in [2.05, 4.69) is 9.82 Å². The molecule has 0 saturated heterocycles. The molecule has 0 bridgehead atoms. The van der Waals surface area contributed by atoms with E-state index < -0.39 is 21.7 Å². The number of aromatic nitrogens is 2. The lowest BCUT2D eigenvalue weighted by Crippen LogP contribution is -2.31. The Morgan fingerprint density at radius 3 is 2.55 bits per heavy atom.